The number of carbonyl (C=O) groups is 2. The van der Waals surface area contributed by atoms with Crippen molar-refractivity contribution in [2.24, 2.45) is 0 Å². The molecular weight excluding hydrogens is 524 g/mol. The second-order valence-electron chi connectivity index (χ2n) is 9.09. The lowest BCUT2D eigenvalue weighted by atomic mass is 9.97. The first-order valence-electron chi connectivity index (χ1n) is 12.2. The van der Waals surface area contributed by atoms with E-state index in [1.807, 2.05) is 13.0 Å². The van der Waals surface area contributed by atoms with Crippen molar-refractivity contribution >= 4 is 34.7 Å². The molecule has 1 aliphatic heterocycles. The average molecular weight is 548 g/mol. The van der Waals surface area contributed by atoms with Crippen molar-refractivity contribution in [3.05, 3.63) is 113 Å². The van der Waals surface area contributed by atoms with Crippen molar-refractivity contribution in [1.29, 1.82) is 0 Å². The lowest BCUT2D eigenvalue weighted by Crippen LogP contribution is -2.33. The third kappa shape index (κ3) is 5.58. The lowest BCUT2D eigenvalue weighted by molar-refractivity contribution is -0.116. The number of carbonyl (C=O) groups excluding carboxylic acids is 2. The van der Waals surface area contributed by atoms with Crippen LogP contribution in [0.1, 0.15) is 33.7 Å². The Morgan fingerprint density at radius 3 is 2.62 bits per heavy atom. The zero-order valence-electron chi connectivity index (χ0n) is 20.9. The number of alkyl halides is 2. The van der Waals surface area contributed by atoms with E-state index in [9.17, 15) is 9.59 Å². The number of fused-ring (bicyclic) bond motifs is 1. The highest BCUT2D eigenvalue weighted by Crippen LogP contribution is 2.43. The maximum absolute atomic E-state index is 15.5. The smallest absolute Gasteiger partial charge is 0.275 e. The number of aromatic nitrogens is 3. The van der Waals surface area contributed by atoms with Crippen LogP contribution in [0.15, 0.2) is 85.2 Å². The Hall–Kier alpha value is -4.37. The quantitative estimate of drug-likeness (QED) is 0.329. The first kappa shape index (κ1) is 26.2. The maximum Gasteiger partial charge on any atom is 0.275 e. The minimum absolute atomic E-state index is 0.0911. The molecular formula is C29H24ClF2N5O2. The lowest BCUT2D eigenvalue weighted by Gasteiger charge is -2.23. The molecule has 39 heavy (non-hydrogen) atoms. The molecule has 3 heterocycles. The Morgan fingerprint density at radius 1 is 1.10 bits per heavy atom. The predicted octanol–water partition coefficient (Wildman–Crippen LogP) is 5.61. The van der Waals surface area contributed by atoms with Gasteiger partial charge in [-0.1, -0.05) is 35.9 Å². The fourth-order valence-corrected chi connectivity index (χ4v) is 4.68. The number of halogens is 3. The number of rotatable bonds is 5. The molecule has 2 aromatic carbocycles. The third-order valence-corrected chi connectivity index (χ3v) is 6.70. The number of nitrogens with zero attached hydrogens (tertiary/aromatic N) is 4. The fourth-order valence-electron chi connectivity index (χ4n) is 4.42. The van der Waals surface area contributed by atoms with E-state index in [0.29, 0.717) is 11.4 Å². The molecule has 0 atom stereocenters. The van der Waals surface area contributed by atoms with Gasteiger partial charge in [0.25, 0.3) is 11.8 Å². The van der Waals surface area contributed by atoms with Crippen LogP contribution in [0.4, 0.5) is 14.5 Å². The molecule has 7 nitrogen and oxygen atoms in total. The highest BCUT2D eigenvalue weighted by Gasteiger charge is 2.41. The number of allylic oxidation sites excluding steroid dienone is 1. The number of anilines is 1. The number of benzene rings is 2. The van der Waals surface area contributed by atoms with Crippen molar-refractivity contribution in [2.45, 2.75) is 25.8 Å². The van der Waals surface area contributed by atoms with E-state index >= 15 is 8.78 Å². The molecule has 2 aromatic heterocycles. The first-order chi connectivity index (χ1) is 18.7. The largest absolute Gasteiger partial charge is 0.347 e. The molecule has 2 amide bonds. The molecule has 0 bridgehead atoms. The minimum Gasteiger partial charge on any atom is -0.347 e. The van der Waals surface area contributed by atoms with Crippen LogP contribution in [-0.2, 0) is 11.3 Å². The molecule has 0 radical (unpaired) electrons. The Kier molecular flexibility index (Phi) is 7.26. The summed E-state index contributed by atoms with van der Waals surface area (Å²) in [6.45, 7) is 1.68. The molecule has 198 valence electrons. The molecule has 0 spiro atoms. The van der Waals surface area contributed by atoms with Gasteiger partial charge in [0.2, 0.25) is 5.91 Å². The van der Waals surface area contributed by atoms with Crippen molar-refractivity contribution in [3.63, 3.8) is 0 Å². The molecule has 5 rings (SSSR count). The van der Waals surface area contributed by atoms with Gasteiger partial charge in [-0.2, -0.15) is 5.10 Å². The third-order valence-electron chi connectivity index (χ3n) is 6.39. The van der Waals surface area contributed by atoms with E-state index < -0.39 is 29.7 Å². The van der Waals surface area contributed by atoms with E-state index in [-0.39, 0.29) is 34.9 Å². The van der Waals surface area contributed by atoms with Gasteiger partial charge in [-0.25, -0.2) is 13.5 Å². The van der Waals surface area contributed by atoms with Crippen LogP contribution in [0.3, 0.4) is 0 Å². The Bertz CT molecular complexity index is 1570. The minimum atomic E-state index is -3.36. The van der Waals surface area contributed by atoms with E-state index in [2.05, 4.69) is 15.4 Å². The Balaban J connectivity index is 1.46. The molecule has 0 fully saturated rings. The fraction of sp³-hybridized carbons (Fsp3) is 0.172. The molecule has 1 N–H and O–H groups in total. The molecule has 4 aromatic rings. The summed E-state index contributed by atoms with van der Waals surface area (Å²) in [5.41, 5.74) is 2.16. The standard InChI is InChI=1S/C29H24ClF2N5O2/c1-19-11-14-37(35-19)21-9-10-23(25(30)16-21)28(39)36-15-12-29(31,32)24(22-7-2-3-8-26(22)36)17-27(38)34-18-20-6-4-5-13-33-20/h2-11,13-14,16-17H,12,15,18H2,1H3,(H,34,38)/b24-17-. The van der Waals surface area contributed by atoms with Gasteiger partial charge in [0.05, 0.1) is 39.9 Å². The number of amides is 2. The van der Waals surface area contributed by atoms with Crippen LogP contribution >= 0.6 is 11.6 Å². The molecule has 1 aliphatic rings. The van der Waals surface area contributed by atoms with Crippen LogP contribution in [0, 0.1) is 6.92 Å². The number of pyridine rings is 1. The summed E-state index contributed by atoms with van der Waals surface area (Å²) in [5, 5.41) is 7.12. The van der Waals surface area contributed by atoms with Gasteiger partial charge >= 0.3 is 0 Å². The van der Waals surface area contributed by atoms with Crippen LogP contribution in [0.25, 0.3) is 11.3 Å². The zero-order valence-corrected chi connectivity index (χ0v) is 21.7. The summed E-state index contributed by atoms with van der Waals surface area (Å²) in [6.07, 6.45) is 3.59. The predicted molar refractivity (Wildman–Crippen MR) is 145 cm³/mol. The SMILES string of the molecule is Cc1ccn(-c2ccc(C(=O)N3CCC(F)(F)/C(=C\C(=O)NCc4ccccn4)c4ccccc43)c(Cl)c2)n1. The van der Waals surface area contributed by atoms with Crippen LogP contribution in [0.2, 0.25) is 5.02 Å². The second kappa shape index (κ2) is 10.8. The number of aryl methyl sites for hydroxylation is 1. The topological polar surface area (TPSA) is 80.1 Å². The summed E-state index contributed by atoms with van der Waals surface area (Å²) < 4.78 is 32.5. The zero-order chi connectivity index (χ0) is 27.6. The highest BCUT2D eigenvalue weighted by atomic mass is 35.5. The molecule has 10 heteroatoms. The highest BCUT2D eigenvalue weighted by molar-refractivity contribution is 6.34. The van der Waals surface area contributed by atoms with E-state index in [1.165, 1.54) is 11.0 Å². The summed E-state index contributed by atoms with van der Waals surface area (Å²) in [4.78, 5) is 31.7. The number of nitrogens with one attached hydrogen (secondary N) is 1. The van der Waals surface area contributed by atoms with Gasteiger partial charge in [-0.3, -0.25) is 14.6 Å². The van der Waals surface area contributed by atoms with E-state index in [1.54, 1.807) is 71.7 Å². The van der Waals surface area contributed by atoms with Crippen LogP contribution in [0.5, 0.6) is 0 Å². The van der Waals surface area contributed by atoms with Crippen molar-refractivity contribution in [3.8, 4) is 5.69 Å². The Labute approximate surface area is 228 Å². The Morgan fingerprint density at radius 2 is 1.90 bits per heavy atom. The van der Waals surface area contributed by atoms with Crippen molar-refractivity contribution in [1.82, 2.24) is 20.1 Å². The van der Waals surface area contributed by atoms with Gasteiger partial charge in [0.15, 0.2) is 0 Å². The van der Waals surface area contributed by atoms with Crippen molar-refractivity contribution in [2.75, 3.05) is 11.4 Å². The van der Waals surface area contributed by atoms with E-state index in [4.69, 9.17) is 11.6 Å². The van der Waals surface area contributed by atoms with Crippen molar-refractivity contribution < 1.29 is 18.4 Å². The number of hydrogen-bond donors (Lipinski definition) is 1. The summed E-state index contributed by atoms with van der Waals surface area (Å²) in [5.74, 6) is -4.57. The van der Waals surface area contributed by atoms with Gasteiger partial charge in [0, 0.05) is 42.6 Å². The average Bonchev–Trinajstić information content (AvgIpc) is 3.33. The van der Waals surface area contributed by atoms with Gasteiger partial charge in [-0.15, -0.1) is 0 Å². The molecule has 0 unspecified atom stereocenters. The molecule has 0 saturated carbocycles. The summed E-state index contributed by atoms with van der Waals surface area (Å²) in [6, 6.07) is 18.3. The second-order valence-corrected chi connectivity index (χ2v) is 9.50. The maximum atomic E-state index is 15.5. The summed E-state index contributed by atoms with van der Waals surface area (Å²) in [7, 11) is 0. The monoisotopic (exact) mass is 547 g/mol. The molecule has 0 aliphatic carbocycles. The number of para-hydroxylation sites is 1. The van der Waals surface area contributed by atoms with E-state index in [0.717, 1.165) is 11.8 Å². The van der Waals surface area contributed by atoms with Gasteiger partial charge in [-0.05, 0) is 49.4 Å². The number of hydrogen-bond acceptors (Lipinski definition) is 4. The summed E-state index contributed by atoms with van der Waals surface area (Å²) >= 11 is 6.50. The normalized spacial score (nSPS) is 15.5. The first-order valence-corrected chi connectivity index (χ1v) is 12.6. The van der Waals surface area contributed by atoms with Gasteiger partial charge in [0.1, 0.15) is 0 Å². The van der Waals surface area contributed by atoms with Crippen LogP contribution < -0.4 is 10.2 Å². The van der Waals surface area contributed by atoms with Crippen LogP contribution in [-0.4, -0.2) is 39.0 Å². The molecule has 0 saturated heterocycles. The van der Waals surface area contributed by atoms with Gasteiger partial charge < -0.3 is 10.2 Å².